The summed E-state index contributed by atoms with van der Waals surface area (Å²) < 4.78 is 4.68. The zero-order chi connectivity index (χ0) is 45.2. The first kappa shape index (κ1) is 50.5. The van der Waals surface area contributed by atoms with Crippen LogP contribution in [0.1, 0.15) is 79.4 Å². The largest absolute Gasteiger partial charge is 2.00 e. The summed E-state index contributed by atoms with van der Waals surface area (Å²) in [6, 6.07) is 35.1. The molecule has 2 aromatic carbocycles. The number of nitriles is 1. The van der Waals surface area contributed by atoms with Crippen molar-refractivity contribution in [2.45, 2.75) is 64.7 Å². The summed E-state index contributed by atoms with van der Waals surface area (Å²) in [6.45, 7) is 7.03. The second kappa shape index (κ2) is 25.2. The number of isothiocyanates is 1. The number of carboxylic acids is 1. The minimum Gasteiger partial charge on any atom is -0.753 e. The van der Waals surface area contributed by atoms with Gasteiger partial charge in [-0.15, -0.1) is 11.3 Å². The summed E-state index contributed by atoms with van der Waals surface area (Å²) in [4.78, 5) is 40.9. The van der Waals surface area contributed by atoms with Crippen molar-refractivity contribution in [2.75, 3.05) is 0 Å². The van der Waals surface area contributed by atoms with Crippen LogP contribution in [0.15, 0.2) is 128 Å². The standard InChI is InChI=1S/C36H36N2S.C12H8N2O4.CHNS.CNS.Ru/c1-4-6-18-36(19-7-5-2)30-11-9-8-10-28(30)29-13-12-26(23-31(29)36)34-14-15-35(39-34)27-17-21-38-33(24-27)32-22-25(3)16-20-37-32;15-7-18-9-2-4-14-11(6-9)10-5-8(12(16)17)1-3-13-10;2*2-1-3;/h8-17,20-24H,4-7,18-19H2,1-3H3;1-7H,(H,16,17);3H;;/q;;;-1;+2/p-1. The number of aromatic nitrogens is 4. The molecule has 1 aliphatic carbocycles. The summed E-state index contributed by atoms with van der Waals surface area (Å²) in [5, 5.41) is 25.8. The fraction of sp³-hybridized carbons (Fsp3) is 0.200. The van der Waals surface area contributed by atoms with E-state index in [0.717, 1.165) is 11.4 Å². The van der Waals surface area contributed by atoms with Crippen LogP contribution in [-0.2, 0) is 42.3 Å². The van der Waals surface area contributed by atoms with Gasteiger partial charge in [-0.1, -0.05) is 93.5 Å². The van der Waals surface area contributed by atoms with E-state index < -0.39 is 5.97 Å². The molecule has 7 aromatic rings. The fourth-order valence-electron chi connectivity index (χ4n) is 7.66. The quantitative estimate of drug-likeness (QED) is 0.0292. The number of aryl methyl sites for hydroxylation is 1. The molecule has 1 aliphatic rings. The number of carbonyl (C=O) groups excluding carboxylic acids is 1. The Bertz CT molecular complexity index is 2740. The van der Waals surface area contributed by atoms with Crippen LogP contribution < -0.4 is 4.74 Å². The number of hydrogen-bond donors (Lipinski definition) is 1. The Morgan fingerprint density at radius 3 is 1.92 bits per heavy atom. The van der Waals surface area contributed by atoms with E-state index in [4.69, 9.17) is 15.8 Å². The molecule has 10 nitrogen and oxygen atoms in total. The number of unbranched alkanes of at least 4 members (excludes halogenated alkanes) is 2. The van der Waals surface area contributed by atoms with E-state index in [1.165, 1.54) is 129 Å². The van der Waals surface area contributed by atoms with Crippen LogP contribution in [0.5, 0.6) is 5.75 Å². The van der Waals surface area contributed by atoms with Gasteiger partial charge in [-0.25, -0.2) is 10.1 Å². The molecule has 5 heterocycles. The molecular formula is C50H44N6O4RuS3. The van der Waals surface area contributed by atoms with Gasteiger partial charge in [0.2, 0.25) is 0 Å². The number of thiophene rings is 1. The monoisotopic (exact) mass is 990 g/mol. The maximum Gasteiger partial charge on any atom is 2.00 e. The van der Waals surface area contributed by atoms with Crippen molar-refractivity contribution in [1.29, 1.82) is 5.26 Å². The number of ether oxygens (including phenoxy) is 1. The maximum atomic E-state index is 10.8. The van der Waals surface area contributed by atoms with Crippen LogP contribution in [0.2, 0.25) is 0 Å². The van der Waals surface area contributed by atoms with Crippen LogP contribution in [0.25, 0.3) is 60.2 Å². The van der Waals surface area contributed by atoms with E-state index >= 15 is 0 Å². The first-order valence-corrected chi connectivity index (χ1v) is 21.8. The summed E-state index contributed by atoms with van der Waals surface area (Å²) >= 11 is 9.26. The third-order valence-corrected chi connectivity index (χ3v) is 11.7. The molecule has 0 fully saturated rings. The van der Waals surface area contributed by atoms with Gasteiger partial charge in [0.25, 0.3) is 6.47 Å². The Hall–Kier alpha value is -6.19. The van der Waals surface area contributed by atoms with E-state index in [-0.39, 0.29) is 30.5 Å². The smallest absolute Gasteiger partial charge is 0.753 e. The number of fused-ring (bicyclic) bond motifs is 3. The van der Waals surface area contributed by atoms with Gasteiger partial charge < -0.3 is 27.9 Å². The summed E-state index contributed by atoms with van der Waals surface area (Å²) in [5.74, 6) is -0.725. The molecule has 0 saturated heterocycles. The number of carboxylic acid groups (broad SMARTS) is 1. The van der Waals surface area contributed by atoms with Crippen molar-refractivity contribution >= 4 is 53.8 Å². The number of hydrogen-bond acceptors (Lipinski definition) is 11. The first-order chi connectivity index (χ1) is 30.7. The number of nitrogens with zero attached hydrogens (tertiary/aromatic N) is 6. The predicted molar refractivity (Wildman–Crippen MR) is 256 cm³/mol. The third kappa shape index (κ3) is 12.5. The van der Waals surface area contributed by atoms with E-state index in [1.54, 1.807) is 5.56 Å². The Labute approximate surface area is 401 Å². The molecular weight excluding hydrogens is 946 g/mol. The van der Waals surface area contributed by atoms with Gasteiger partial charge in [0, 0.05) is 46.0 Å². The molecule has 8 rings (SSSR count). The average molecular weight is 990 g/mol. The molecule has 14 heteroatoms. The summed E-state index contributed by atoms with van der Waals surface area (Å²) in [5.41, 5.74) is 12.5. The van der Waals surface area contributed by atoms with E-state index in [2.05, 4.69) is 143 Å². The van der Waals surface area contributed by atoms with Gasteiger partial charge in [-0.3, -0.25) is 24.7 Å². The Kier molecular flexibility index (Phi) is 19.9. The van der Waals surface area contributed by atoms with Crippen molar-refractivity contribution in [3.63, 3.8) is 0 Å². The number of aromatic carboxylic acids is 1. The zero-order valence-corrected chi connectivity index (χ0v) is 39.6. The first-order valence-electron chi connectivity index (χ1n) is 20.2. The maximum absolute atomic E-state index is 10.8. The second-order valence-electron chi connectivity index (χ2n) is 14.4. The molecule has 0 aliphatic heterocycles. The number of thiocyanates is 1. The van der Waals surface area contributed by atoms with Crippen molar-refractivity contribution in [2.24, 2.45) is 0 Å². The molecule has 324 valence electrons. The second-order valence-corrected chi connectivity index (χ2v) is 15.9. The number of pyridine rings is 4. The zero-order valence-electron chi connectivity index (χ0n) is 35.4. The molecule has 0 bridgehead atoms. The Morgan fingerprint density at radius 2 is 1.31 bits per heavy atom. The molecule has 0 atom stereocenters. The normalized spacial score (nSPS) is 11.1. The van der Waals surface area contributed by atoms with Crippen LogP contribution >= 0.6 is 23.6 Å². The van der Waals surface area contributed by atoms with Crippen LogP contribution in [-0.4, -0.2) is 42.6 Å². The van der Waals surface area contributed by atoms with Crippen molar-refractivity contribution in [3.8, 4) is 65.9 Å². The van der Waals surface area contributed by atoms with E-state index in [1.807, 2.05) is 29.8 Å². The van der Waals surface area contributed by atoms with Crippen LogP contribution in [0, 0.1) is 17.6 Å². The van der Waals surface area contributed by atoms with Crippen molar-refractivity contribution < 1.29 is 38.9 Å². The Balaban J connectivity index is 0.000000300. The number of carbonyl (C=O) groups is 2. The Morgan fingerprint density at radius 1 is 0.781 bits per heavy atom. The van der Waals surface area contributed by atoms with Crippen LogP contribution in [0.3, 0.4) is 0 Å². The topological polar surface area (TPSA) is 161 Å². The molecule has 0 saturated carbocycles. The van der Waals surface area contributed by atoms with Crippen molar-refractivity contribution in [1.82, 2.24) is 19.9 Å². The third-order valence-electron chi connectivity index (χ3n) is 10.5. The molecule has 1 N–H and O–H groups in total. The van der Waals surface area contributed by atoms with Gasteiger partial charge in [-0.2, -0.15) is 5.16 Å². The summed E-state index contributed by atoms with van der Waals surface area (Å²) in [6.07, 6.45) is 14.0. The number of benzene rings is 2. The molecule has 0 amide bonds. The minimum atomic E-state index is -1.04. The summed E-state index contributed by atoms with van der Waals surface area (Å²) in [7, 11) is 0. The molecule has 5 aromatic heterocycles. The fourth-order valence-corrected chi connectivity index (χ4v) is 8.66. The van der Waals surface area contributed by atoms with Crippen LogP contribution in [0.4, 0.5) is 0 Å². The van der Waals surface area contributed by atoms with Crippen molar-refractivity contribution in [3.05, 3.63) is 156 Å². The molecule has 64 heavy (non-hydrogen) atoms. The van der Waals surface area contributed by atoms with Gasteiger partial charge >= 0.3 is 25.4 Å². The van der Waals surface area contributed by atoms with E-state index in [0.29, 0.717) is 23.6 Å². The van der Waals surface area contributed by atoms with Gasteiger partial charge in [-0.05, 0) is 119 Å². The predicted octanol–water partition coefficient (Wildman–Crippen LogP) is 12.5. The van der Waals surface area contributed by atoms with Gasteiger partial charge in [0.15, 0.2) is 0 Å². The number of thiocarbonyl (C=S) groups is 1. The number of rotatable bonds is 13. The molecule has 0 radical (unpaired) electrons. The SMILES string of the molecule is CCCCC1(CCCC)c2ccccc2-c2ccc(-c3ccc(-c4ccnc(-c5cc(C)ccn5)c4)s3)cc21.N#C[S-].O=COc1ccnc(-c2cc(C(=O)O)ccn2)c1.[N-]=C=S.[Ru+2]. The molecule has 0 unspecified atom stereocenters. The van der Waals surface area contributed by atoms with Gasteiger partial charge in [0.1, 0.15) is 5.75 Å². The van der Waals surface area contributed by atoms with E-state index in [9.17, 15) is 9.59 Å². The molecule has 0 spiro atoms. The minimum absolute atomic E-state index is 0. The average Bonchev–Trinajstić information content (AvgIpc) is 3.91. The van der Waals surface area contributed by atoms with Gasteiger partial charge in [0.05, 0.1) is 28.3 Å².